The van der Waals surface area contributed by atoms with Crippen molar-refractivity contribution in [3.05, 3.63) is 42.0 Å². The highest BCUT2D eigenvalue weighted by molar-refractivity contribution is 7.80. The van der Waals surface area contributed by atoms with Crippen molar-refractivity contribution in [2.24, 2.45) is 0 Å². The predicted molar refractivity (Wildman–Crippen MR) is 107 cm³/mol. The molecule has 0 aliphatic carbocycles. The number of rotatable bonds is 8. The molecule has 0 saturated carbocycles. The normalized spacial score (nSPS) is 10.0. The van der Waals surface area contributed by atoms with Crippen molar-refractivity contribution in [3.63, 3.8) is 0 Å². The summed E-state index contributed by atoms with van der Waals surface area (Å²) in [6.07, 6.45) is 0. The summed E-state index contributed by atoms with van der Waals surface area (Å²) in [6.45, 7) is 3.04. The largest absolute Gasteiger partial charge is 0.494 e. The molecule has 140 valence electrons. The minimum atomic E-state index is 0.473. The molecule has 0 radical (unpaired) electrons. The average molecular weight is 376 g/mol. The molecule has 0 unspecified atom stereocenters. The van der Waals surface area contributed by atoms with E-state index in [-0.39, 0.29) is 0 Å². The summed E-state index contributed by atoms with van der Waals surface area (Å²) >= 11 is 5.37. The van der Waals surface area contributed by atoms with Gasteiger partial charge in [0.15, 0.2) is 16.6 Å². The molecule has 0 atom stereocenters. The molecule has 0 amide bonds. The van der Waals surface area contributed by atoms with E-state index in [2.05, 4.69) is 10.6 Å². The molecule has 2 aromatic carbocycles. The number of methoxy groups -OCH3 is 3. The van der Waals surface area contributed by atoms with Crippen LogP contribution in [-0.2, 0) is 6.54 Å². The molecule has 0 heterocycles. The van der Waals surface area contributed by atoms with Gasteiger partial charge in [-0.3, -0.25) is 0 Å². The number of anilines is 1. The molecule has 2 N–H and O–H groups in total. The summed E-state index contributed by atoms with van der Waals surface area (Å²) in [7, 11) is 4.76. The standard InChI is InChI=1S/C19H24N2O4S/c1-5-25-15-8-6-7-14(11-15)21-19(26)20-12-13-9-10-16(22-2)18(24-4)17(13)23-3/h6-11H,5,12H2,1-4H3,(H2,20,21,26). The second kappa shape index (κ2) is 9.72. The van der Waals surface area contributed by atoms with Crippen molar-refractivity contribution < 1.29 is 18.9 Å². The van der Waals surface area contributed by atoms with E-state index in [0.717, 1.165) is 17.0 Å². The van der Waals surface area contributed by atoms with Crippen LogP contribution in [-0.4, -0.2) is 33.0 Å². The van der Waals surface area contributed by atoms with E-state index < -0.39 is 0 Å². The Morgan fingerprint density at radius 2 is 1.77 bits per heavy atom. The SMILES string of the molecule is CCOc1cccc(NC(=S)NCc2ccc(OC)c(OC)c2OC)c1. The maximum atomic E-state index is 5.49. The number of benzene rings is 2. The van der Waals surface area contributed by atoms with Gasteiger partial charge in [0.1, 0.15) is 5.75 Å². The van der Waals surface area contributed by atoms with Crippen LogP contribution in [0.25, 0.3) is 0 Å². The van der Waals surface area contributed by atoms with E-state index in [9.17, 15) is 0 Å². The van der Waals surface area contributed by atoms with Gasteiger partial charge in [-0.15, -0.1) is 0 Å². The zero-order valence-electron chi connectivity index (χ0n) is 15.4. The van der Waals surface area contributed by atoms with Gasteiger partial charge in [-0.2, -0.15) is 0 Å². The summed E-state index contributed by atoms with van der Waals surface area (Å²) in [6, 6.07) is 11.4. The maximum Gasteiger partial charge on any atom is 0.203 e. The first kappa shape index (κ1) is 19.7. The number of hydrogen-bond acceptors (Lipinski definition) is 5. The van der Waals surface area contributed by atoms with Gasteiger partial charge < -0.3 is 29.6 Å². The highest BCUT2D eigenvalue weighted by Crippen LogP contribution is 2.39. The molecule has 0 aromatic heterocycles. The van der Waals surface area contributed by atoms with E-state index >= 15 is 0 Å². The maximum absolute atomic E-state index is 5.49. The van der Waals surface area contributed by atoms with Crippen LogP contribution in [0.1, 0.15) is 12.5 Å². The Labute approximate surface area is 159 Å². The summed E-state index contributed by atoms with van der Waals surface area (Å²) in [4.78, 5) is 0. The number of hydrogen-bond donors (Lipinski definition) is 2. The van der Waals surface area contributed by atoms with Crippen LogP contribution in [0.2, 0.25) is 0 Å². The Morgan fingerprint density at radius 1 is 1.00 bits per heavy atom. The zero-order chi connectivity index (χ0) is 18.9. The van der Waals surface area contributed by atoms with Crippen molar-refractivity contribution in [2.75, 3.05) is 33.3 Å². The Morgan fingerprint density at radius 3 is 2.42 bits per heavy atom. The monoisotopic (exact) mass is 376 g/mol. The van der Waals surface area contributed by atoms with E-state index in [4.69, 9.17) is 31.2 Å². The van der Waals surface area contributed by atoms with E-state index in [1.165, 1.54) is 0 Å². The van der Waals surface area contributed by atoms with Crippen LogP contribution >= 0.6 is 12.2 Å². The molecule has 0 saturated heterocycles. The van der Waals surface area contributed by atoms with Crippen molar-refractivity contribution in [3.8, 4) is 23.0 Å². The fourth-order valence-electron chi connectivity index (χ4n) is 2.48. The average Bonchev–Trinajstić information content (AvgIpc) is 2.65. The third-order valence-electron chi connectivity index (χ3n) is 3.63. The van der Waals surface area contributed by atoms with Crippen molar-refractivity contribution >= 4 is 23.0 Å². The minimum absolute atomic E-state index is 0.473. The van der Waals surface area contributed by atoms with Gasteiger partial charge in [0.2, 0.25) is 5.75 Å². The highest BCUT2D eigenvalue weighted by atomic mass is 32.1. The highest BCUT2D eigenvalue weighted by Gasteiger charge is 2.15. The molecular weight excluding hydrogens is 352 g/mol. The van der Waals surface area contributed by atoms with Gasteiger partial charge in [0, 0.05) is 23.9 Å². The minimum Gasteiger partial charge on any atom is -0.494 e. The van der Waals surface area contributed by atoms with Gasteiger partial charge in [-0.25, -0.2) is 0 Å². The lowest BCUT2D eigenvalue weighted by atomic mass is 10.1. The van der Waals surface area contributed by atoms with Crippen LogP contribution in [0.15, 0.2) is 36.4 Å². The molecule has 6 nitrogen and oxygen atoms in total. The van der Waals surface area contributed by atoms with Gasteiger partial charge in [0.25, 0.3) is 0 Å². The second-order valence-corrected chi connectivity index (χ2v) is 5.67. The fraction of sp³-hybridized carbons (Fsp3) is 0.316. The van der Waals surface area contributed by atoms with Crippen molar-refractivity contribution in [1.82, 2.24) is 5.32 Å². The number of thiocarbonyl (C=S) groups is 1. The molecule has 0 spiro atoms. The lowest BCUT2D eigenvalue weighted by Crippen LogP contribution is -2.28. The van der Waals surface area contributed by atoms with Gasteiger partial charge in [-0.1, -0.05) is 6.07 Å². The Hall–Kier alpha value is -2.67. The molecule has 0 aliphatic rings. The summed E-state index contributed by atoms with van der Waals surface area (Å²) in [5, 5.41) is 6.80. The smallest absolute Gasteiger partial charge is 0.203 e. The second-order valence-electron chi connectivity index (χ2n) is 5.26. The summed E-state index contributed by atoms with van der Waals surface area (Å²) in [5.41, 5.74) is 1.75. The Balaban J connectivity index is 2.04. The van der Waals surface area contributed by atoms with Crippen LogP contribution in [0.5, 0.6) is 23.0 Å². The zero-order valence-corrected chi connectivity index (χ0v) is 16.2. The third kappa shape index (κ3) is 4.92. The Bertz CT molecular complexity index is 752. The molecule has 26 heavy (non-hydrogen) atoms. The summed E-state index contributed by atoms with van der Waals surface area (Å²) < 4.78 is 21.7. The topological polar surface area (TPSA) is 61.0 Å². The van der Waals surface area contributed by atoms with Crippen LogP contribution in [0, 0.1) is 0 Å². The Kier molecular flexibility index (Phi) is 7.35. The van der Waals surface area contributed by atoms with Gasteiger partial charge in [-0.05, 0) is 43.4 Å². The first-order chi connectivity index (χ1) is 12.6. The van der Waals surface area contributed by atoms with Crippen LogP contribution in [0.3, 0.4) is 0 Å². The van der Waals surface area contributed by atoms with Gasteiger partial charge in [0.05, 0.1) is 27.9 Å². The van der Waals surface area contributed by atoms with Crippen molar-refractivity contribution in [1.29, 1.82) is 0 Å². The van der Waals surface area contributed by atoms with Crippen LogP contribution in [0.4, 0.5) is 5.69 Å². The first-order valence-corrected chi connectivity index (χ1v) is 8.59. The molecule has 2 aromatic rings. The molecule has 0 aliphatic heterocycles. The third-order valence-corrected chi connectivity index (χ3v) is 3.87. The van der Waals surface area contributed by atoms with Crippen LogP contribution < -0.4 is 29.6 Å². The van der Waals surface area contributed by atoms with Gasteiger partial charge >= 0.3 is 0 Å². The lowest BCUT2D eigenvalue weighted by molar-refractivity contribution is 0.322. The number of ether oxygens (including phenoxy) is 4. The first-order valence-electron chi connectivity index (χ1n) is 8.18. The molecule has 7 heteroatoms. The quantitative estimate of drug-likeness (QED) is 0.683. The van der Waals surface area contributed by atoms with E-state index in [0.29, 0.717) is 35.5 Å². The molecule has 0 fully saturated rings. The van der Waals surface area contributed by atoms with Crippen molar-refractivity contribution in [2.45, 2.75) is 13.5 Å². The molecular formula is C19H24N2O4S. The fourth-order valence-corrected chi connectivity index (χ4v) is 2.67. The lowest BCUT2D eigenvalue weighted by Gasteiger charge is -2.17. The molecule has 2 rings (SSSR count). The molecule has 0 bridgehead atoms. The van der Waals surface area contributed by atoms with E-state index in [1.807, 2.05) is 43.3 Å². The number of nitrogens with one attached hydrogen (secondary N) is 2. The summed E-state index contributed by atoms with van der Waals surface area (Å²) in [5.74, 6) is 2.57. The van der Waals surface area contributed by atoms with E-state index in [1.54, 1.807) is 21.3 Å². The predicted octanol–water partition coefficient (Wildman–Crippen LogP) is 3.60.